The molecule has 1 nitrogen and oxygen atoms in total. The molecule has 2 heteroatoms. The van der Waals surface area contributed by atoms with Crippen LogP contribution >= 0.6 is 0 Å². The SMILES string of the molecule is C=CCC(=O)C(C)(C)c1ccc(F)cc1. The van der Waals surface area contributed by atoms with Gasteiger partial charge in [0, 0.05) is 11.8 Å². The van der Waals surface area contributed by atoms with Gasteiger partial charge in [-0.25, -0.2) is 4.39 Å². The maximum atomic E-state index is 12.7. The fourth-order valence-electron chi connectivity index (χ4n) is 1.41. The van der Waals surface area contributed by atoms with E-state index in [1.54, 1.807) is 18.2 Å². The molecule has 0 radical (unpaired) electrons. The highest BCUT2D eigenvalue weighted by Gasteiger charge is 2.28. The van der Waals surface area contributed by atoms with Crippen molar-refractivity contribution in [3.05, 3.63) is 48.3 Å². The molecular weight excluding hydrogens is 191 g/mol. The van der Waals surface area contributed by atoms with Gasteiger partial charge in [-0.05, 0) is 31.5 Å². The Balaban J connectivity index is 2.99. The van der Waals surface area contributed by atoms with Gasteiger partial charge < -0.3 is 0 Å². The molecule has 0 amide bonds. The predicted molar refractivity (Wildman–Crippen MR) is 59.2 cm³/mol. The summed E-state index contributed by atoms with van der Waals surface area (Å²) in [7, 11) is 0. The topological polar surface area (TPSA) is 17.1 Å². The Morgan fingerprint density at radius 2 is 1.93 bits per heavy atom. The lowest BCUT2D eigenvalue weighted by atomic mass is 9.79. The third kappa shape index (κ3) is 2.52. The zero-order valence-corrected chi connectivity index (χ0v) is 9.09. The van der Waals surface area contributed by atoms with Crippen LogP contribution in [0.5, 0.6) is 0 Å². The minimum absolute atomic E-state index is 0.0871. The molecule has 80 valence electrons. The van der Waals surface area contributed by atoms with Crippen molar-refractivity contribution in [1.29, 1.82) is 0 Å². The van der Waals surface area contributed by atoms with Gasteiger partial charge in [0.15, 0.2) is 0 Å². The quantitative estimate of drug-likeness (QED) is 0.691. The molecule has 0 aliphatic carbocycles. The Labute approximate surface area is 89.6 Å². The zero-order valence-electron chi connectivity index (χ0n) is 9.09. The molecule has 0 aliphatic heterocycles. The van der Waals surface area contributed by atoms with Crippen molar-refractivity contribution in [3.63, 3.8) is 0 Å². The third-order valence-electron chi connectivity index (χ3n) is 2.59. The first-order valence-electron chi connectivity index (χ1n) is 4.88. The van der Waals surface area contributed by atoms with Crippen LogP contribution in [0.1, 0.15) is 25.8 Å². The first-order chi connectivity index (χ1) is 6.98. The third-order valence-corrected chi connectivity index (χ3v) is 2.59. The van der Waals surface area contributed by atoms with Crippen LogP contribution in [0.4, 0.5) is 4.39 Å². The van der Waals surface area contributed by atoms with E-state index in [0.717, 1.165) is 5.56 Å². The van der Waals surface area contributed by atoms with Gasteiger partial charge >= 0.3 is 0 Å². The van der Waals surface area contributed by atoms with Crippen LogP contribution in [0.2, 0.25) is 0 Å². The number of carbonyl (C=O) groups excluding carboxylic acids is 1. The van der Waals surface area contributed by atoms with Crippen LogP contribution in [0.3, 0.4) is 0 Å². The second kappa shape index (κ2) is 4.39. The minimum atomic E-state index is -0.581. The molecule has 0 unspecified atom stereocenters. The second-order valence-corrected chi connectivity index (χ2v) is 4.05. The minimum Gasteiger partial charge on any atom is -0.298 e. The molecule has 0 fully saturated rings. The van der Waals surface area contributed by atoms with Crippen LogP contribution in [-0.4, -0.2) is 5.78 Å². The summed E-state index contributed by atoms with van der Waals surface area (Å²) < 4.78 is 12.7. The number of carbonyl (C=O) groups is 1. The van der Waals surface area contributed by atoms with Gasteiger partial charge in [0.2, 0.25) is 0 Å². The highest BCUT2D eigenvalue weighted by molar-refractivity contribution is 5.90. The molecule has 0 aliphatic rings. The summed E-state index contributed by atoms with van der Waals surface area (Å²) in [6.07, 6.45) is 1.93. The van der Waals surface area contributed by atoms with E-state index >= 15 is 0 Å². The second-order valence-electron chi connectivity index (χ2n) is 4.05. The van der Waals surface area contributed by atoms with E-state index in [1.807, 2.05) is 13.8 Å². The highest BCUT2D eigenvalue weighted by atomic mass is 19.1. The molecule has 0 aromatic heterocycles. The average molecular weight is 206 g/mol. The van der Waals surface area contributed by atoms with Gasteiger partial charge in [0.05, 0.1) is 0 Å². The van der Waals surface area contributed by atoms with Crippen LogP contribution in [0, 0.1) is 5.82 Å². The van der Waals surface area contributed by atoms with E-state index < -0.39 is 5.41 Å². The molecular formula is C13H15FO. The molecule has 0 bridgehead atoms. The number of benzene rings is 1. The average Bonchev–Trinajstić information content (AvgIpc) is 2.18. The molecule has 1 aromatic rings. The van der Waals surface area contributed by atoms with E-state index in [0.29, 0.717) is 6.42 Å². The maximum absolute atomic E-state index is 12.7. The first kappa shape index (κ1) is 11.6. The number of ketones is 1. The fraction of sp³-hybridized carbons (Fsp3) is 0.308. The molecule has 0 saturated carbocycles. The molecule has 1 rings (SSSR count). The normalized spacial score (nSPS) is 11.1. The summed E-state index contributed by atoms with van der Waals surface area (Å²) in [5.41, 5.74) is 0.248. The highest BCUT2D eigenvalue weighted by Crippen LogP contribution is 2.25. The fourth-order valence-corrected chi connectivity index (χ4v) is 1.41. The molecule has 0 N–H and O–H groups in total. The lowest BCUT2D eigenvalue weighted by Crippen LogP contribution is -2.28. The van der Waals surface area contributed by atoms with Gasteiger partial charge in [0.1, 0.15) is 11.6 Å². The van der Waals surface area contributed by atoms with Crippen molar-refractivity contribution in [2.24, 2.45) is 0 Å². The van der Waals surface area contributed by atoms with Crippen molar-refractivity contribution in [2.75, 3.05) is 0 Å². The molecule has 0 atom stereocenters. The van der Waals surface area contributed by atoms with Gasteiger partial charge in [-0.15, -0.1) is 6.58 Å². The van der Waals surface area contributed by atoms with Gasteiger partial charge in [-0.2, -0.15) is 0 Å². The lowest BCUT2D eigenvalue weighted by molar-refractivity contribution is -0.122. The van der Waals surface area contributed by atoms with Crippen molar-refractivity contribution in [2.45, 2.75) is 25.7 Å². The largest absolute Gasteiger partial charge is 0.298 e. The lowest BCUT2D eigenvalue weighted by Gasteiger charge is -2.23. The Morgan fingerprint density at radius 3 is 2.40 bits per heavy atom. The number of rotatable bonds is 4. The smallest absolute Gasteiger partial charge is 0.146 e. The van der Waals surface area contributed by atoms with E-state index in [2.05, 4.69) is 6.58 Å². The Bertz CT molecular complexity index is 363. The predicted octanol–water partition coefficient (Wildman–Crippen LogP) is 3.25. The standard InChI is InChI=1S/C13H15FO/c1-4-5-12(15)13(2,3)10-6-8-11(14)9-7-10/h4,6-9H,1,5H2,2-3H3. The van der Waals surface area contributed by atoms with Crippen molar-refractivity contribution >= 4 is 5.78 Å². The van der Waals surface area contributed by atoms with Crippen LogP contribution in [0.15, 0.2) is 36.9 Å². The molecule has 15 heavy (non-hydrogen) atoms. The summed E-state index contributed by atoms with van der Waals surface area (Å²) in [6.45, 7) is 7.22. The zero-order chi connectivity index (χ0) is 11.5. The summed E-state index contributed by atoms with van der Waals surface area (Å²) >= 11 is 0. The van der Waals surface area contributed by atoms with Crippen molar-refractivity contribution in [1.82, 2.24) is 0 Å². The van der Waals surface area contributed by atoms with Gasteiger partial charge in [-0.1, -0.05) is 18.2 Å². The Hall–Kier alpha value is -1.44. The number of allylic oxidation sites excluding steroid dienone is 1. The van der Waals surface area contributed by atoms with E-state index in [-0.39, 0.29) is 11.6 Å². The maximum Gasteiger partial charge on any atom is 0.146 e. The van der Waals surface area contributed by atoms with Crippen molar-refractivity contribution < 1.29 is 9.18 Å². The summed E-state index contributed by atoms with van der Waals surface area (Å²) in [5, 5.41) is 0. The van der Waals surface area contributed by atoms with E-state index in [9.17, 15) is 9.18 Å². The summed E-state index contributed by atoms with van der Waals surface area (Å²) in [4.78, 5) is 11.8. The van der Waals surface area contributed by atoms with Gasteiger partial charge in [0.25, 0.3) is 0 Å². The number of hydrogen-bond acceptors (Lipinski definition) is 1. The first-order valence-corrected chi connectivity index (χ1v) is 4.88. The van der Waals surface area contributed by atoms with E-state index in [1.165, 1.54) is 12.1 Å². The summed E-state index contributed by atoms with van der Waals surface area (Å²) in [5.74, 6) is -0.199. The molecule has 0 spiro atoms. The van der Waals surface area contributed by atoms with Crippen molar-refractivity contribution in [3.8, 4) is 0 Å². The Morgan fingerprint density at radius 1 is 1.40 bits per heavy atom. The molecule has 0 heterocycles. The number of halogens is 1. The van der Waals surface area contributed by atoms with Crippen LogP contribution < -0.4 is 0 Å². The molecule has 1 aromatic carbocycles. The number of Topliss-reactive ketones (excluding diaryl/α,β-unsaturated/α-hetero) is 1. The Kier molecular flexibility index (Phi) is 3.40. The van der Waals surface area contributed by atoms with Gasteiger partial charge in [-0.3, -0.25) is 4.79 Å². The monoisotopic (exact) mass is 206 g/mol. The number of hydrogen-bond donors (Lipinski definition) is 0. The van der Waals surface area contributed by atoms with Crippen LogP contribution in [-0.2, 0) is 10.2 Å². The molecule has 0 saturated heterocycles. The van der Waals surface area contributed by atoms with Crippen LogP contribution in [0.25, 0.3) is 0 Å². The summed E-state index contributed by atoms with van der Waals surface area (Å²) in [6, 6.07) is 6.04. The van der Waals surface area contributed by atoms with E-state index in [4.69, 9.17) is 0 Å².